The van der Waals surface area contributed by atoms with Gasteiger partial charge < -0.3 is 14.5 Å². The number of nitrogens with zero attached hydrogens (tertiary/aromatic N) is 2. The number of rotatable bonds is 7. The van der Waals surface area contributed by atoms with Gasteiger partial charge in [-0.1, -0.05) is 60.7 Å². The molecule has 198 valence electrons. The molecule has 4 rings (SSSR count). The van der Waals surface area contributed by atoms with Crippen LogP contribution in [0.1, 0.15) is 48.6 Å². The number of carbonyl (C=O) groups is 2. The van der Waals surface area contributed by atoms with Gasteiger partial charge in [-0.15, -0.1) is 0 Å². The third-order valence-electron chi connectivity index (χ3n) is 6.47. The Balaban J connectivity index is 1.47. The summed E-state index contributed by atoms with van der Waals surface area (Å²) < 4.78 is 18.9. The number of hydrogen-bond acceptors (Lipinski definition) is 3. The normalized spacial score (nSPS) is 13.3. The molecule has 0 N–H and O–H groups in total. The lowest BCUT2D eigenvalue weighted by Gasteiger charge is -2.31. The van der Waals surface area contributed by atoms with Crippen LogP contribution in [0.25, 0.3) is 6.08 Å². The summed E-state index contributed by atoms with van der Waals surface area (Å²) in [7, 11) is 0. The molecule has 5 nitrogen and oxygen atoms in total. The van der Waals surface area contributed by atoms with Crippen LogP contribution in [0, 0.1) is 5.82 Å². The van der Waals surface area contributed by atoms with Crippen molar-refractivity contribution in [3.63, 3.8) is 0 Å². The van der Waals surface area contributed by atoms with Crippen LogP contribution in [0.4, 0.5) is 9.18 Å². The first-order valence-corrected chi connectivity index (χ1v) is 13.0. The van der Waals surface area contributed by atoms with Crippen molar-refractivity contribution in [3.8, 4) is 0 Å². The van der Waals surface area contributed by atoms with Gasteiger partial charge in [-0.2, -0.15) is 0 Å². The first-order valence-electron chi connectivity index (χ1n) is 13.0. The lowest BCUT2D eigenvalue weighted by Crippen LogP contribution is -2.40. The molecule has 0 fully saturated rings. The smallest absolute Gasteiger partial charge is 0.410 e. The van der Waals surface area contributed by atoms with Gasteiger partial charge in [-0.05, 0) is 79.6 Å². The van der Waals surface area contributed by atoms with Gasteiger partial charge in [0, 0.05) is 32.3 Å². The number of amides is 2. The predicted octanol–water partition coefficient (Wildman–Crippen LogP) is 6.40. The second kappa shape index (κ2) is 12.1. The zero-order chi connectivity index (χ0) is 27.1. The number of ether oxygens (including phenoxy) is 1. The average Bonchev–Trinajstić information content (AvgIpc) is 2.89. The minimum Gasteiger partial charge on any atom is -0.444 e. The van der Waals surface area contributed by atoms with Crippen LogP contribution in [-0.2, 0) is 35.5 Å². The van der Waals surface area contributed by atoms with Gasteiger partial charge >= 0.3 is 6.09 Å². The van der Waals surface area contributed by atoms with Crippen LogP contribution in [0.3, 0.4) is 0 Å². The maximum Gasteiger partial charge on any atom is 0.410 e. The van der Waals surface area contributed by atoms with Crippen LogP contribution in [0.15, 0.2) is 78.9 Å². The van der Waals surface area contributed by atoms with Gasteiger partial charge in [-0.25, -0.2) is 9.18 Å². The zero-order valence-corrected chi connectivity index (χ0v) is 22.3. The third-order valence-corrected chi connectivity index (χ3v) is 6.47. The lowest BCUT2D eigenvalue weighted by molar-refractivity contribution is -0.126. The molecule has 3 aromatic rings. The number of halogens is 1. The van der Waals surface area contributed by atoms with Crippen molar-refractivity contribution in [2.75, 3.05) is 13.1 Å². The molecular formula is C32H35FN2O3. The second-order valence-electron chi connectivity index (χ2n) is 10.6. The Morgan fingerprint density at radius 2 is 1.71 bits per heavy atom. The number of hydrogen-bond donors (Lipinski definition) is 0. The van der Waals surface area contributed by atoms with Gasteiger partial charge in [-0.3, -0.25) is 4.79 Å². The molecule has 0 bridgehead atoms. The zero-order valence-electron chi connectivity index (χ0n) is 22.3. The summed E-state index contributed by atoms with van der Waals surface area (Å²) >= 11 is 0. The molecule has 38 heavy (non-hydrogen) atoms. The van der Waals surface area contributed by atoms with Gasteiger partial charge in [0.15, 0.2) is 0 Å². The molecule has 0 radical (unpaired) electrons. The molecule has 2 amide bonds. The molecule has 0 saturated heterocycles. The fourth-order valence-electron chi connectivity index (χ4n) is 4.53. The quantitative estimate of drug-likeness (QED) is 0.343. The van der Waals surface area contributed by atoms with Crippen molar-refractivity contribution in [2.24, 2.45) is 0 Å². The Morgan fingerprint density at radius 3 is 2.42 bits per heavy atom. The molecule has 1 aliphatic heterocycles. The topological polar surface area (TPSA) is 49.9 Å². The van der Waals surface area contributed by atoms with E-state index in [9.17, 15) is 14.0 Å². The molecule has 0 unspecified atom stereocenters. The summed E-state index contributed by atoms with van der Waals surface area (Å²) in [5.74, 6) is -0.353. The van der Waals surface area contributed by atoms with Gasteiger partial charge in [0.25, 0.3) is 0 Å². The van der Waals surface area contributed by atoms with Crippen molar-refractivity contribution < 1.29 is 18.7 Å². The van der Waals surface area contributed by atoms with Crippen molar-refractivity contribution >= 4 is 18.1 Å². The van der Waals surface area contributed by atoms with Crippen molar-refractivity contribution in [3.05, 3.63) is 113 Å². The van der Waals surface area contributed by atoms with E-state index in [1.165, 1.54) is 12.1 Å². The molecular weight excluding hydrogens is 479 g/mol. The molecule has 0 aromatic heterocycles. The van der Waals surface area contributed by atoms with Crippen LogP contribution >= 0.6 is 0 Å². The first kappa shape index (κ1) is 27.1. The highest BCUT2D eigenvalue weighted by molar-refractivity contribution is 5.92. The summed E-state index contributed by atoms with van der Waals surface area (Å²) in [6.45, 7) is 7.65. The largest absolute Gasteiger partial charge is 0.444 e. The van der Waals surface area contributed by atoms with Crippen molar-refractivity contribution in [2.45, 2.75) is 52.3 Å². The molecule has 0 aliphatic carbocycles. The molecule has 1 aliphatic rings. The molecule has 0 atom stereocenters. The predicted molar refractivity (Wildman–Crippen MR) is 148 cm³/mol. The minimum absolute atomic E-state index is 0.0836. The Morgan fingerprint density at radius 1 is 0.974 bits per heavy atom. The highest BCUT2D eigenvalue weighted by Gasteiger charge is 2.26. The van der Waals surface area contributed by atoms with Crippen LogP contribution in [0.2, 0.25) is 0 Å². The van der Waals surface area contributed by atoms with E-state index in [1.54, 1.807) is 23.1 Å². The van der Waals surface area contributed by atoms with E-state index in [-0.39, 0.29) is 17.8 Å². The third kappa shape index (κ3) is 7.54. The molecule has 6 heteroatoms. The monoisotopic (exact) mass is 514 g/mol. The summed E-state index contributed by atoms with van der Waals surface area (Å²) in [5, 5.41) is 0. The highest BCUT2D eigenvalue weighted by atomic mass is 19.1. The van der Waals surface area contributed by atoms with Crippen LogP contribution < -0.4 is 0 Å². The van der Waals surface area contributed by atoms with E-state index >= 15 is 0 Å². The summed E-state index contributed by atoms with van der Waals surface area (Å²) in [6, 6.07) is 22.3. The van der Waals surface area contributed by atoms with Gasteiger partial charge in [0.1, 0.15) is 11.4 Å². The van der Waals surface area contributed by atoms with Crippen LogP contribution in [0.5, 0.6) is 0 Å². The van der Waals surface area contributed by atoms with E-state index in [2.05, 4.69) is 0 Å². The molecule has 1 heterocycles. The summed E-state index contributed by atoms with van der Waals surface area (Å²) in [6.07, 6.45) is 4.52. The molecule has 0 spiro atoms. The highest BCUT2D eigenvalue weighted by Crippen LogP contribution is 2.25. The van der Waals surface area contributed by atoms with Crippen LogP contribution in [-0.4, -0.2) is 40.5 Å². The Hall–Kier alpha value is -3.93. The Bertz CT molecular complexity index is 1280. The Labute approximate surface area is 224 Å². The second-order valence-corrected chi connectivity index (χ2v) is 10.6. The summed E-state index contributed by atoms with van der Waals surface area (Å²) in [5.41, 5.74) is 4.69. The van der Waals surface area contributed by atoms with Crippen molar-refractivity contribution in [1.29, 1.82) is 0 Å². The van der Waals surface area contributed by atoms with E-state index in [1.807, 2.05) is 80.3 Å². The van der Waals surface area contributed by atoms with Gasteiger partial charge in [0.05, 0.1) is 0 Å². The van der Waals surface area contributed by atoms with Crippen molar-refractivity contribution in [1.82, 2.24) is 9.80 Å². The Kier molecular flexibility index (Phi) is 8.62. The van der Waals surface area contributed by atoms with E-state index in [0.29, 0.717) is 39.0 Å². The fourth-order valence-corrected chi connectivity index (χ4v) is 4.53. The maximum atomic E-state index is 13.3. The number of benzene rings is 3. The first-order chi connectivity index (χ1) is 18.2. The van der Waals surface area contributed by atoms with E-state index < -0.39 is 5.60 Å². The fraction of sp³-hybridized carbons (Fsp3) is 0.312. The van der Waals surface area contributed by atoms with E-state index in [0.717, 1.165) is 27.8 Å². The number of carbonyl (C=O) groups excluding carboxylic acids is 2. The number of fused-ring (bicyclic) bond motifs is 1. The molecule has 0 saturated carbocycles. The lowest BCUT2D eigenvalue weighted by atomic mass is 9.94. The molecule has 3 aromatic carbocycles. The average molecular weight is 515 g/mol. The van der Waals surface area contributed by atoms with E-state index in [4.69, 9.17) is 4.74 Å². The summed E-state index contributed by atoms with van der Waals surface area (Å²) in [4.78, 5) is 29.4. The maximum absolute atomic E-state index is 13.3. The SMILES string of the molecule is CC(C)(C)OC(=O)N1CCc2c(/C=C/C(=O)N(CCc3ccc(F)cc3)Cc3ccccc3)cccc2C1. The minimum atomic E-state index is -0.537. The standard InChI is InChI=1S/C32H35FN2O3/c1-32(2,3)38-31(37)35-21-19-29-26(10-7-11-27(29)23-35)14-17-30(36)34(22-25-8-5-4-6-9-25)20-18-24-12-15-28(33)16-13-24/h4-17H,18-23H2,1-3H3/b17-14+. The van der Waals surface area contributed by atoms with Gasteiger partial charge in [0.2, 0.25) is 5.91 Å².